The summed E-state index contributed by atoms with van der Waals surface area (Å²) in [7, 11) is 0. The van der Waals surface area contributed by atoms with Crippen LogP contribution in [-0.2, 0) is 15.7 Å². The average molecular weight is 462 g/mol. The van der Waals surface area contributed by atoms with E-state index in [0.717, 1.165) is 12.1 Å². The first kappa shape index (κ1) is 21.6. The van der Waals surface area contributed by atoms with E-state index < -0.39 is 29.4 Å². The van der Waals surface area contributed by atoms with Gasteiger partial charge in [0.25, 0.3) is 11.8 Å². The number of halogens is 3. The molecule has 3 heterocycles. The summed E-state index contributed by atoms with van der Waals surface area (Å²) in [5.74, 6) is 0.567. The molecule has 2 aromatic carbocycles. The Kier molecular flexibility index (Phi) is 5.00. The third-order valence-electron chi connectivity index (χ3n) is 6.22. The number of rotatable bonds is 3. The van der Waals surface area contributed by atoms with Crippen LogP contribution in [-0.4, -0.2) is 48.3 Å². The minimum absolute atomic E-state index is 0.128. The molecule has 0 saturated carbocycles. The number of amides is 2. The molecule has 0 aliphatic carbocycles. The van der Waals surface area contributed by atoms with Gasteiger partial charge in [-0.25, -0.2) is 0 Å². The van der Waals surface area contributed by atoms with Gasteiger partial charge in [-0.3, -0.25) is 9.59 Å². The average Bonchev–Trinajstić information content (AvgIpc) is 3.39. The van der Waals surface area contributed by atoms with Crippen molar-refractivity contribution >= 4 is 17.5 Å². The lowest BCUT2D eigenvalue weighted by molar-refractivity contribution is -0.146. The van der Waals surface area contributed by atoms with Crippen LogP contribution in [0.4, 0.5) is 18.9 Å². The number of carbonyl (C=O) groups excluding carboxylic acids is 2. The van der Waals surface area contributed by atoms with Gasteiger partial charge in [-0.15, -0.1) is 0 Å². The second-order valence-corrected chi connectivity index (χ2v) is 8.57. The fraction of sp³-hybridized carbons (Fsp3) is 0.391. The monoisotopic (exact) mass is 462 g/mol. The highest BCUT2D eigenvalue weighted by Crippen LogP contribution is 2.40. The van der Waals surface area contributed by atoms with E-state index in [4.69, 9.17) is 14.2 Å². The van der Waals surface area contributed by atoms with Crippen molar-refractivity contribution in [1.29, 1.82) is 0 Å². The standard InChI is InChI=1S/C23H21F3N2O5/c1-13-8-15(23(24,25)26)3-4-16(13)27-20(29)18-6-7-22(33-18)10-28(11-22)21(30)14-2-5-17-19(9-14)32-12-31-17/h2-5,8-9,18H,6-7,10-12H2,1H3,(H,27,29). The summed E-state index contributed by atoms with van der Waals surface area (Å²) >= 11 is 0. The zero-order chi connectivity index (χ0) is 23.4. The van der Waals surface area contributed by atoms with Crippen LogP contribution < -0.4 is 14.8 Å². The summed E-state index contributed by atoms with van der Waals surface area (Å²) in [4.78, 5) is 27.1. The second-order valence-electron chi connectivity index (χ2n) is 8.57. The van der Waals surface area contributed by atoms with Crippen molar-refractivity contribution in [3.8, 4) is 11.5 Å². The molecule has 0 radical (unpaired) electrons. The van der Waals surface area contributed by atoms with Gasteiger partial charge >= 0.3 is 6.18 Å². The summed E-state index contributed by atoms with van der Waals surface area (Å²) in [6, 6.07) is 8.20. The lowest BCUT2D eigenvalue weighted by Crippen LogP contribution is -2.63. The van der Waals surface area contributed by atoms with E-state index in [1.165, 1.54) is 13.0 Å². The molecular weight excluding hydrogens is 441 g/mol. The van der Waals surface area contributed by atoms with Gasteiger partial charge < -0.3 is 24.4 Å². The molecule has 2 fully saturated rings. The van der Waals surface area contributed by atoms with Crippen LogP contribution in [0.1, 0.15) is 34.3 Å². The van der Waals surface area contributed by atoms with Crippen LogP contribution in [0, 0.1) is 6.92 Å². The number of nitrogens with one attached hydrogen (secondary N) is 1. The van der Waals surface area contributed by atoms with Gasteiger partial charge in [0.1, 0.15) is 11.7 Å². The molecule has 33 heavy (non-hydrogen) atoms. The number of ether oxygens (including phenoxy) is 3. The van der Waals surface area contributed by atoms with Crippen molar-refractivity contribution in [3.05, 3.63) is 53.1 Å². The molecule has 2 amide bonds. The van der Waals surface area contributed by atoms with Gasteiger partial charge in [0, 0.05) is 11.3 Å². The van der Waals surface area contributed by atoms with Crippen molar-refractivity contribution in [2.75, 3.05) is 25.2 Å². The van der Waals surface area contributed by atoms with Crippen molar-refractivity contribution in [1.82, 2.24) is 4.90 Å². The number of anilines is 1. The number of aryl methyl sites for hydroxylation is 1. The van der Waals surface area contributed by atoms with E-state index in [1.54, 1.807) is 23.1 Å². The lowest BCUT2D eigenvalue weighted by atomic mass is 9.90. The van der Waals surface area contributed by atoms with Gasteiger partial charge in [0.05, 0.1) is 18.7 Å². The van der Waals surface area contributed by atoms with Crippen molar-refractivity contribution in [2.24, 2.45) is 0 Å². The van der Waals surface area contributed by atoms with Crippen molar-refractivity contribution in [3.63, 3.8) is 0 Å². The molecule has 3 aliphatic heterocycles. The number of benzene rings is 2. The molecule has 1 atom stereocenters. The Balaban J connectivity index is 1.18. The van der Waals surface area contributed by atoms with Gasteiger partial charge in [-0.05, 0) is 61.7 Å². The van der Waals surface area contributed by atoms with Crippen LogP contribution in [0.15, 0.2) is 36.4 Å². The molecule has 1 N–H and O–H groups in total. The molecule has 2 aromatic rings. The minimum atomic E-state index is -4.44. The number of hydrogen-bond acceptors (Lipinski definition) is 5. The van der Waals surface area contributed by atoms with Crippen LogP contribution in [0.3, 0.4) is 0 Å². The number of nitrogens with zero attached hydrogens (tertiary/aromatic N) is 1. The first-order valence-electron chi connectivity index (χ1n) is 10.5. The highest BCUT2D eigenvalue weighted by molar-refractivity contribution is 5.96. The van der Waals surface area contributed by atoms with E-state index in [1.807, 2.05) is 0 Å². The molecule has 1 spiro atoms. The Hall–Kier alpha value is -3.27. The summed E-state index contributed by atoms with van der Waals surface area (Å²) in [6.45, 7) is 2.36. The molecule has 10 heteroatoms. The van der Waals surface area contributed by atoms with Crippen LogP contribution >= 0.6 is 0 Å². The Labute approximate surface area is 187 Å². The Bertz CT molecular complexity index is 1130. The Morgan fingerprint density at radius 1 is 1.09 bits per heavy atom. The quantitative estimate of drug-likeness (QED) is 0.752. The van der Waals surface area contributed by atoms with Crippen molar-refractivity contribution in [2.45, 2.75) is 37.6 Å². The minimum Gasteiger partial charge on any atom is -0.454 e. The van der Waals surface area contributed by atoms with Gasteiger partial charge in [0.15, 0.2) is 11.5 Å². The first-order chi connectivity index (χ1) is 15.6. The lowest BCUT2D eigenvalue weighted by Gasteiger charge is -2.47. The molecule has 7 nitrogen and oxygen atoms in total. The summed E-state index contributed by atoms with van der Waals surface area (Å²) in [5.41, 5.74) is -0.237. The highest BCUT2D eigenvalue weighted by Gasteiger charge is 2.52. The SMILES string of the molecule is Cc1cc(C(F)(F)F)ccc1NC(=O)C1CCC2(CN(C(=O)c3ccc4c(c3)OCO4)C2)O1. The smallest absolute Gasteiger partial charge is 0.416 e. The zero-order valence-electron chi connectivity index (χ0n) is 17.7. The third-order valence-corrected chi connectivity index (χ3v) is 6.22. The van der Waals surface area contributed by atoms with Gasteiger partial charge in [-0.2, -0.15) is 13.2 Å². The second kappa shape index (κ2) is 7.65. The number of likely N-dealkylation sites (tertiary alicyclic amines) is 1. The summed E-state index contributed by atoms with van der Waals surface area (Å²) < 4.78 is 55.1. The number of carbonyl (C=O) groups is 2. The number of hydrogen-bond donors (Lipinski definition) is 1. The first-order valence-corrected chi connectivity index (χ1v) is 10.5. The maximum Gasteiger partial charge on any atom is 0.416 e. The van der Waals surface area contributed by atoms with Crippen LogP contribution in [0.2, 0.25) is 0 Å². The predicted octanol–water partition coefficient (Wildman–Crippen LogP) is 3.75. The molecule has 174 valence electrons. The van der Waals surface area contributed by atoms with Crippen LogP contribution in [0.25, 0.3) is 0 Å². The Morgan fingerprint density at radius 3 is 2.58 bits per heavy atom. The number of fused-ring (bicyclic) bond motifs is 1. The van der Waals surface area contributed by atoms with E-state index in [0.29, 0.717) is 54.2 Å². The molecule has 2 saturated heterocycles. The molecule has 0 bridgehead atoms. The highest BCUT2D eigenvalue weighted by atomic mass is 19.4. The van der Waals surface area contributed by atoms with E-state index in [2.05, 4.69) is 5.32 Å². The fourth-order valence-electron chi connectivity index (χ4n) is 4.43. The van der Waals surface area contributed by atoms with E-state index in [-0.39, 0.29) is 12.7 Å². The third kappa shape index (κ3) is 3.99. The number of alkyl halides is 3. The largest absolute Gasteiger partial charge is 0.454 e. The maximum absolute atomic E-state index is 12.8. The molecule has 5 rings (SSSR count). The topological polar surface area (TPSA) is 77.1 Å². The fourth-order valence-corrected chi connectivity index (χ4v) is 4.43. The van der Waals surface area contributed by atoms with Gasteiger partial charge in [0.2, 0.25) is 6.79 Å². The van der Waals surface area contributed by atoms with E-state index >= 15 is 0 Å². The van der Waals surface area contributed by atoms with Gasteiger partial charge in [-0.1, -0.05) is 0 Å². The zero-order valence-corrected chi connectivity index (χ0v) is 17.7. The molecule has 0 aromatic heterocycles. The molecular formula is C23H21F3N2O5. The normalized spacial score (nSPS) is 20.6. The van der Waals surface area contributed by atoms with Crippen LogP contribution in [0.5, 0.6) is 11.5 Å². The molecule has 1 unspecified atom stereocenters. The maximum atomic E-state index is 12.8. The van der Waals surface area contributed by atoms with Crippen molar-refractivity contribution < 1.29 is 37.0 Å². The summed E-state index contributed by atoms with van der Waals surface area (Å²) in [6.07, 6.45) is -4.09. The summed E-state index contributed by atoms with van der Waals surface area (Å²) in [5, 5.41) is 2.66. The predicted molar refractivity (Wildman–Crippen MR) is 110 cm³/mol. The molecule has 3 aliphatic rings. The van der Waals surface area contributed by atoms with E-state index in [9.17, 15) is 22.8 Å². The Morgan fingerprint density at radius 2 is 1.85 bits per heavy atom.